The Morgan fingerprint density at radius 2 is 1.58 bits per heavy atom. The Morgan fingerprint density at radius 1 is 1.00 bits per heavy atom. The van der Waals surface area contributed by atoms with Gasteiger partial charge in [0.25, 0.3) is 0 Å². The van der Waals surface area contributed by atoms with Gasteiger partial charge in [0.1, 0.15) is 5.75 Å². The summed E-state index contributed by atoms with van der Waals surface area (Å²) in [5, 5.41) is 12.9. The fourth-order valence-electron chi connectivity index (χ4n) is 2.03. The topological polar surface area (TPSA) is 32.3 Å². The summed E-state index contributed by atoms with van der Waals surface area (Å²) in [4.78, 5) is 0. The van der Waals surface area contributed by atoms with Crippen molar-refractivity contribution in [3.05, 3.63) is 78.4 Å². The van der Waals surface area contributed by atoms with Crippen LogP contribution >= 0.6 is 0 Å². The highest BCUT2D eigenvalue weighted by Crippen LogP contribution is 2.24. The maximum atomic E-state index is 9.40. The predicted molar refractivity (Wildman–Crippen MR) is 79.2 cm³/mol. The number of hydrogen-bond acceptors (Lipinski definition) is 2. The number of nitrogens with one attached hydrogen (secondary N) is 1. The number of phenols is 1. The zero-order valence-electron chi connectivity index (χ0n) is 11.1. The second-order valence-corrected chi connectivity index (χ2v) is 4.63. The van der Waals surface area contributed by atoms with Crippen LogP contribution in [-0.2, 0) is 0 Å². The summed E-state index contributed by atoms with van der Waals surface area (Å²) in [6.07, 6.45) is 1.89. The lowest BCUT2D eigenvalue weighted by Gasteiger charge is -2.22. The van der Waals surface area contributed by atoms with Crippen LogP contribution in [0, 0.1) is 0 Å². The average molecular weight is 253 g/mol. The van der Waals surface area contributed by atoms with Crippen molar-refractivity contribution in [2.45, 2.75) is 19.0 Å². The highest BCUT2D eigenvalue weighted by Gasteiger charge is 2.14. The van der Waals surface area contributed by atoms with E-state index in [-0.39, 0.29) is 17.8 Å². The first-order chi connectivity index (χ1) is 9.20. The van der Waals surface area contributed by atoms with Crippen LogP contribution in [-0.4, -0.2) is 11.1 Å². The van der Waals surface area contributed by atoms with E-state index < -0.39 is 0 Å². The summed E-state index contributed by atoms with van der Waals surface area (Å²) < 4.78 is 0. The van der Waals surface area contributed by atoms with Crippen LogP contribution in [0.4, 0.5) is 0 Å². The third kappa shape index (κ3) is 3.46. The molecule has 2 rings (SSSR count). The van der Waals surface area contributed by atoms with Crippen molar-refractivity contribution in [2.75, 3.05) is 0 Å². The molecule has 0 aromatic heterocycles. The van der Waals surface area contributed by atoms with Crippen LogP contribution in [0.25, 0.3) is 0 Å². The van der Waals surface area contributed by atoms with Gasteiger partial charge in [-0.15, -0.1) is 6.58 Å². The lowest BCUT2D eigenvalue weighted by Crippen LogP contribution is -2.29. The van der Waals surface area contributed by atoms with Crippen LogP contribution in [0.1, 0.15) is 24.1 Å². The normalized spacial score (nSPS) is 13.7. The molecule has 2 aromatic carbocycles. The molecule has 0 radical (unpaired) electrons. The Labute approximate surface area is 114 Å². The van der Waals surface area contributed by atoms with Crippen molar-refractivity contribution in [3.63, 3.8) is 0 Å². The maximum Gasteiger partial charge on any atom is 0.115 e. The summed E-state index contributed by atoms with van der Waals surface area (Å²) in [7, 11) is 0. The van der Waals surface area contributed by atoms with Crippen molar-refractivity contribution in [2.24, 2.45) is 0 Å². The molecule has 0 saturated heterocycles. The summed E-state index contributed by atoms with van der Waals surface area (Å²) in [6, 6.07) is 17.9. The molecule has 2 unspecified atom stereocenters. The van der Waals surface area contributed by atoms with Gasteiger partial charge in [-0.05, 0) is 30.2 Å². The maximum absolute atomic E-state index is 9.40. The lowest BCUT2D eigenvalue weighted by atomic mass is 9.98. The largest absolute Gasteiger partial charge is 0.508 e. The molecule has 2 N–H and O–H groups in total. The van der Waals surface area contributed by atoms with Gasteiger partial charge in [-0.25, -0.2) is 0 Å². The molecule has 0 bridgehead atoms. The van der Waals surface area contributed by atoms with Crippen molar-refractivity contribution in [3.8, 4) is 5.75 Å². The fourth-order valence-corrected chi connectivity index (χ4v) is 2.03. The molecule has 2 heteroatoms. The van der Waals surface area contributed by atoms with Gasteiger partial charge in [0.05, 0.1) is 6.04 Å². The molecule has 0 aliphatic rings. The number of aromatic hydroxyl groups is 1. The third-order valence-electron chi connectivity index (χ3n) is 3.14. The van der Waals surface area contributed by atoms with Crippen LogP contribution in [0.15, 0.2) is 67.3 Å². The quantitative estimate of drug-likeness (QED) is 0.797. The number of benzene rings is 2. The third-order valence-corrected chi connectivity index (χ3v) is 3.14. The van der Waals surface area contributed by atoms with Crippen molar-refractivity contribution < 1.29 is 5.11 Å². The van der Waals surface area contributed by atoms with Gasteiger partial charge in [0.2, 0.25) is 0 Å². The van der Waals surface area contributed by atoms with E-state index in [9.17, 15) is 5.11 Å². The molecule has 0 fully saturated rings. The summed E-state index contributed by atoms with van der Waals surface area (Å²) in [6.45, 7) is 5.89. The van der Waals surface area contributed by atoms with Crippen LogP contribution < -0.4 is 5.32 Å². The first-order valence-corrected chi connectivity index (χ1v) is 6.43. The summed E-state index contributed by atoms with van der Waals surface area (Å²) in [5.41, 5.74) is 2.32. The molecule has 0 aliphatic carbocycles. The number of hydrogen-bond donors (Lipinski definition) is 2. The van der Waals surface area contributed by atoms with E-state index in [1.54, 1.807) is 12.1 Å². The Bertz CT molecular complexity index is 519. The number of rotatable bonds is 5. The van der Waals surface area contributed by atoms with E-state index in [2.05, 4.69) is 31.0 Å². The molecule has 2 aromatic rings. The lowest BCUT2D eigenvalue weighted by molar-refractivity contribution is 0.474. The summed E-state index contributed by atoms with van der Waals surface area (Å²) >= 11 is 0. The van der Waals surface area contributed by atoms with Crippen molar-refractivity contribution in [1.29, 1.82) is 0 Å². The molecule has 0 saturated carbocycles. The molecule has 0 aliphatic heterocycles. The first kappa shape index (κ1) is 13.4. The molecular formula is C17H19NO. The van der Waals surface area contributed by atoms with Gasteiger partial charge in [-0.1, -0.05) is 48.5 Å². The van der Waals surface area contributed by atoms with Crippen LogP contribution in [0.5, 0.6) is 5.75 Å². The average Bonchev–Trinajstić information content (AvgIpc) is 2.46. The van der Waals surface area contributed by atoms with Gasteiger partial charge in [-0.3, -0.25) is 0 Å². The highest BCUT2D eigenvalue weighted by molar-refractivity contribution is 5.35. The van der Waals surface area contributed by atoms with E-state index in [1.807, 2.05) is 36.4 Å². The monoisotopic (exact) mass is 253 g/mol. The Balaban J connectivity index is 2.34. The molecule has 0 spiro atoms. The van der Waals surface area contributed by atoms with Crippen LogP contribution in [0.3, 0.4) is 0 Å². The SMILES string of the molecule is C=CC(C)NC(c1ccccc1)c1ccc(O)cc1. The highest BCUT2D eigenvalue weighted by atomic mass is 16.3. The van der Waals surface area contributed by atoms with Gasteiger partial charge in [0.15, 0.2) is 0 Å². The standard InChI is InChI=1S/C17H19NO/c1-3-13(2)18-17(14-7-5-4-6-8-14)15-9-11-16(19)12-10-15/h3-13,17-19H,1H2,2H3. The van der Waals surface area contributed by atoms with Gasteiger partial charge in [-0.2, -0.15) is 0 Å². The Hall–Kier alpha value is -2.06. The van der Waals surface area contributed by atoms with Gasteiger partial charge >= 0.3 is 0 Å². The van der Waals surface area contributed by atoms with E-state index in [4.69, 9.17) is 0 Å². The zero-order chi connectivity index (χ0) is 13.7. The first-order valence-electron chi connectivity index (χ1n) is 6.43. The minimum Gasteiger partial charge on any atom is -0.508 e. The predicted octanol–water partition coefficient (Wildman–Crippen LogP) is 3.65. The Morgan fingerprint density at radius 3 is 2.16 bits per heavy atom. The van der Waals surface area contributed by atoms with E-state index in [0.29, 0.717) is 0 Å². The molecule has 2 atom stereocenters. The minimum absolute atomic E-state index is 0.0924. The smallest absolute Gasteiger partial charge is 0.115 e. The van der Waals surface area contributed by atoms with Crippen molar-refractivity contribution in [1.82, 2.24) is 5.32 Å². The fraction of sp³-hybridized carbons (Fsp3) is 0.176. The summed E-state index contributed by atoms with van der Waals surface area (Å²) in [5.74, 6) is 0.285. The minimum atomic E-state index is 0.0924. The molecule has 0 amide bonds. The number of phenolic OH excluding ortho intramolecular Hbond substituents is 1. The van der Waals surface area contributed by atoms with Crippen LogP contribution in [0.2, 0.25) is 0 Å². The molecule has 19 heavy (non-hydrogen) atoms. The second kappa shape index (κ2) is 6.21. The molecule has 2 nitrogen and oxygen atoms in total. The van der Waals surface area contributed by atoms with Crippen molar-refractivity contribution >= 4 is 0 Å². The van der Waals surface area contributed by atoms with E-state index in [0.717, 1.165) is 5.56 Å². The van der Waals surface area contributed by atoms with Gasteiger partial charge in [0, 0.05) is 6.04 Å². The second-order valence-electron chi connectivity index (χ2n) is 4.63. The van der Waals surface area contributed by atoms with Gasteiger partial charge < -0.3 is 10.4 Å². The Kier molecular flexibility index (Phi) is 4.37. The van der Waals surface area contributed by atoms with E-state index >= 15 is 0 Å². The molecular weight excluding hydrogens is 234 g/mol. The molecule has 98 valence electrons. The molecule has 0 heterocycles. The van der Waals surface area contributed by atoms with E-state index in [1.165, 1.54) is 5.56 Å². The zero-order valence-corrected chi connectivity index (χ0v) is 11.1.